The number of ether oxygens (including phenoxy) is 1. The van der Waals surface area contributed by atoms with Crippen LogP contribution in [0.25, 0.3) is 0 Å². The topological polar surface area (TPSA) is 63.2 Å². The van der Waals surface area contributed by atoms with Gasteiger partial charge < -0.3 is 15.0 Å². The van der Waals surface area contributed by atoms with Crippen LogP contribution in [-0.2, 0) is 0 Å². The number of hydrogen-bond donors (Lipinski definition) is 1. The Labute approximate surface area is 120 Å². The highest BCUT2D eigenvalue weighted by Gasteiger charge is 2.11. The number of benzene rings is 1. The minimum Gasteiger partial charge on any atom is -0.424 e. The molecule has 0 aliphatic heterocycles. The Bertz CT molecular complexity index is 636. The van der Waals surface area contributed by atoms with Gasteiger partial charge in [-0.15, -0.1) is 0 Å². The van der Waals surface area contributed by atoms with Crippen molar-refractivity contribution in [2.75, 3.05) is 30.9 Å². The third-order valence-corrected chi connectivity index (χ3v) is 2.44. The number of aromatic nitrogens is 3. The Balaban J connectivity index is 2.31. The molecule has 112 valence electrons. The highest BCUT2D eigenvalue weighted by Crippen LogP contribution is 2.22. The fraction of sp³-hybridized carbons (Fsp3) is 0.308. The van der Waals surface area contributed by atoms with Crippen LogP contribution in [0.15, 0.2) is 18.2 Å². The van der Waals surface area contributed by atoms with Crippen molar-refractivity contribution in [2.24, 2.45) is 0 Å². The SMILES string of the molecule is CCNc1nc(Oc2ccc(F)c(F)c2)nc(N(C)C)n1. The first-order valence-corrected chi connectivity index (χ1v) is 6.29. The second-order valence-corrected chi connectivity index (χ2v) is 4.34. The maximum absolute atomic E-state index is 13.2. The summed E-state index contributed by atoms with van der Waals surface area (Å²) in [6, 6.07) is 3.20. The lowest BCUT2D eigenvalue weighted by molar-refractivity contribution is 0.430. The maximum atomic E-state index is 13.2. The first-order chi connectivity index (χ1) is 9.99. The van der Waals surface area contributed by atoms with Gasteiger partial charge in [0.2, 0.25) is 11.9 Å². The summed E-state index contributed by atoms with van der Waals surface area (Å²) in [4.78, 5) is 14.0. The van der Waals surface area contributed by atoms with Crippen molar-refractivity contribution >= 4 is 11.9 Å². The first-order valence-electron chi connectivity index (χ1n) is 6.29. The van der Waals surface area contributed by atoms with Gasteiger partial charge in [0.1, 0.15) is 5.75 Å². The fourth-order valence-corrected chi connectivity index (χ4v) is 1.47. The van der Waals surface area contributed by atoms with Gasteiger partial charge in [-0.2, -0.15) is 15.0 Å². The van der Waals surface area contributed by atoms with Crippen LogP contribution in [0.1, 0.15) is 6.92 Å². The Morgan fingerprint density at radius 3 is 2.52 bits per heavy atom. The number of halogens is 2. The Kier molecular flexibility index (Phi) is 4.46. The highest BCUT2D eigenvalue weighted by atomic mass is 19.2. The van der Waals surface area contributed by atoms with Gasteiger partial charge in [0.15, 0.2) is 11.6 Å². The first kappa shape index (κ1) is 14.9. The van der Waals surface area contributed by atoms with Crippen LogP contribution in [0.2, 0.25) is 0 Å². The van der Waals surface area contributed by atoms with Crippen LogP contribution in [0, 0.1) is 11.6 Å². The van der Waals surface area contributed by atoms with Crippen LogP contribution < -0.4 is 15.0 Å². The lowest BCUT2D eigenvalue weighted by Crippen LogP contribution is -2.15. The zero-order valence-corrected chi connectivity index (χ0v) is 11.9. The monoisotopic (exact) mass is 295 g/mol. The molecule has 0 radical (unpaired) electrons. The average molecular weight is 295 g/mol. The Hall–Kier alpha value is -2.51. The van der Waals surface area contributed by atoms with Gasteiger partial charge in [-0.05, 0) is 19.1 Å². The van der Waals surface area contributed by atoms with Crippen molar-refractivity contribution in [3.63, 3.8) is 0 Å². The smallest absolute Gasteiger partial charge is 0.328 e. The summed E-state index contributed by atoms with van der Waals surface area (Å²) in [5, 5.41) is 2.95. The van der Waals surface area contributed by atoms with Crippen LogP contribution in [0.4, 0.5) is 20.7 Å². The molecule has 0 atom stereocenters. The summed E-state index contributed by atoms with van der Waals surface area (Å²) in [5.41, 5.74) is 0. The Morgan fingerprint density at radius 2 is 1.90 bits per heavy atom. The molecule has 0 unspecified atom stereocenters. The van der Waals surface area contributed by atoms with Crippen molar-refractivity contribution in [3.8, 4) is 11.8 Å². The van der Waals surface area contributed by atoms with E-state index in [0.29, 0.717) is 18.4 Å². The molecule has 0 aliphatic rings. The molecule has 1 N–H and O–H groups in total. The van der Waals surface area contributed by atoms with Crippen molar-refractivity contribution in [3.05, 3.63) is 29.8 Å². The van der Waals surface area contributed by atoms with Crippen molar-refractivity contribution in [1.82, 2.24) is 15.0 Å². The highest BCUT2D eigenvalue weighted by molar-refractivity contribution is 5.38. The molecular formula is C13H15F2N5O. The largest absolute Gasteiger partial charge is 0.424 e. The standard InChI is InChI=1S/C13H15F2N5O/c1-4-16-11-17-12(20(2)3)19-13(18-11)21-8-5-6-9(14)10(15)7-8/h5-7H,4H2,1-3H3,(H,16,17,18,19). The molecule has 8 heteroatoms. The van der Waals surface area contributed by atoms with Gasteiger partial charge in [-0.25, -0.2) is 8.78 Å². The average Bonchev–Trinajstić information content (AvgIpc) is 2.43. The van der Waals surface area contributed by atoms with Crippen molar-refractivity contribution in [1.29, 1.82) is 0 Å². The van der Waals surface area contributed by atoms with Crippen molar-refractivity contribution in [2.45, 2.75) is 6.92 Å². The molecule has 1 heterocycles. The third kappa shape index (κ3) is 3.74. The summed E-state index contributed by atoms with van der Waals surface area (Å²) in [7, 11) is 3.54. The van der Waals surface area contributed by atoms with Gasteiger partial charge in [0.05, 0.1) is 0 Å². The van der Waals surface area contributed by atoms with E-state index < -0.39 is 11.6 Å². The molecule has 1 aromatic heterocycles. The predicted molar refractivity (Wildman–Crippen MR) is 74.7 cm³/mol. The molecule has 0 saturated heterocycles. The second kappa shape index (κ2) is 6.29. The molecule has 21 heavy (non-hydrogen) atoms. The fourth-order valence-electron chi connectivity index (χ4n) is 1.47. The molecule has 1 aromatic carbocycles. The van der Waals surface area contributed by atoms with Gasteiger partial charge in [-0.1, -0.05) is 0 Å². The van der Waals surface area contributed by atoms with E-state index in [2.05, 4.69) is 20.3 Å². The lowest BCUT2D eigenvalue weighted by atomic mass is 10.3. The number of rotatable bonds is 5. The Morgan fingerprint density at radius 1 is 1.14 bits per heavy atom. The number of nitrogens with zero attached hydrogens (tertiary/aromatic N) is 4. The summed E-state index contributed by atoms with van der Waals surface area (Å²) >= 11 is 0. The molecule has 0 aliphatic carbocycles. The normalized spacial score (nSPS) is 10.3. The zero-order valence-electron chi connectivity index (χ0n) is 11.9. The van der Waals surface area contributed by atoms with E-state index in [1.165, 1.54) is 6.07 Å². The van der Waals surface area contributed by atoms with E-state index in [1.807, 2.05) is 6.92 Å². The number of hydrogen-bond acceptors (Lipinski definition) is 6. The van der Waals surface area contributed by atoms with E-state index in [1.54, 1.807) is 19.0 Å². The molecule has 0 fully saturated rings. The summed E-state index contributed by atoms with van der Waals surface area (Å²) < 4.78 is 31.4. The molecule has 2 aromatic rings. The third-order valence-electron chi connectivity index (χ3n) is 2.44. The molecule has 0 amide bonds. The molecular weight excluding hydrogens is 280 g/mol. The van der Waals surface area contributed by atoms with E-state index in [9.17, 15) is 8.78 Å². The number of nitrogens with one attached hydrogen (secondary N) is 1. The van der Waals surface area contributed by atoms with Gasteiger partial charge in [0.25, 0.3) is 0 Å². The summed E-state index contributed by atoms with van der Waals surface area (Å²) in [6.45, 7) is 2.52. The maximum Gasteiger partial charge on any atom is 0.328 e. The van der Waals surface area contributed by atoms with Crippen molar-refractivity contribution < 1.29 is 13.5 Å². The van der Waals surface area contributed by atoms with E-state index in [0.717, 1.165) is 12.1 Å². The van der Waals surface area contributed by atoms with Crippen LogP contribution >= 0.6 is 0 Å². The molecule has 6 nitrogen and oxygen atoms in total. The molecule has 0 spiro atoms. The van der Waals surface area contributed by atoms with Gasteiger partial charge in [-0.3, -0.25) is 0 Å². The summed E-state index contributed by atoms with van der Waals surface area (Å²) in [6.07, 6.45) is 0. The van der Waals surface area contributed by atoms with Gasteiger partial charge in [0, 0.05) is 26.7 Å². The van der Waals surface area contributed by atoms with E-state index in [-0.39, 0.29) is 11.8 Å². The molecule has 2 rings (SSSR count). The minimum absolute atomic E-state index is 0.00402. The van der Waals surface area contributed by atoms with Gasteiger partial charge >= 0.3 is 6.01 Å². The summed E-state index contributed by atoms with van der Waals surface area (Å²) in [5.74, 6) is -1.11. The van der Waals surface area contributed by atoms with E-state index >= 15 is 0 Å². The van der Waals surface area contributed by atoms with E-state index in [4.69, 9.17) is 4.74 Å². The lowest BCUT2D eigenvalue weighted by Gasteiger charge is -2.13. The predicted octanol–water partition coefficient (Wildman–Crippen LogP) is 2.44. The molecule has 0 saturated carbocycles. The number of anilines is 2. The minimum atomic E-state index is -0.999. The second-order valence-electron chi connectivity index (χ2n) is 4.34. The quantitative estimate of drug-likeness (QED) is 0.914. The van der Waals surface area contributed by atoms with Crippen LogP contribution in [-0.4, -0.2) is 35.6 Å². The molecule has 0 bridgehead atoms. The zero-order chi connectivity index (χ0) is 15.4. The van der Waals surface area contributed by atoms with Crippen LogP contribution in [0.5, 0.6) is 11.8 Å². The van der Waals surface area contributed by atoms with Crippen LogP contribution in [0.3, 0.4) is 0 Å².